The number of hydrogen-bond donors (Lipinski definition) is 1. The quantitative estimate of drug-likeness (QED) is 0.531. The molecule has 1 N–H and O–H groups in total. The van der Waals surface area contributed by atoms with Crippen molar-refractivity contribution in [2.75, 3.05) is 40.6 Å². The molecule has 0 saturated heterocycles. The summed E-state index contributed by atoms with van der Waals surface area (Å²) in [7, 11) is 2.03. The summed E-state index contributed by atoms with van der Waals surface area (Å²) in [4.78, 5) is 1.43. The Labute approximate surface area is 74.1 Å². The maximum atomic E-state index is 9.08. The van der Waals surface area contributed by atoms with E-state index in [1.54, 1.807) is 7.11 Å². The Morgan fingerprint density at radius 2 is 1.75 bits per heavy atom. The van der Waals surface area contributed by atoms with Crippen LogP contribution >= 0.6 is 0 Å². The summed E-state index contributed by atoms with van der Waals surface area (Å²) in [5.41, 5.74) is 0. The van der Waals surface area contributed by atoms with Crippen molar-refractivity contribution in [1.29, 1.82) is 0 Å². The van der Waals surface area contributed by atoms with Gasteiger partial charge in [0.2, 0.25) is 0 Å². The Hall–Kier alpha value is -0.170. The van der Waals surface area contributed by atoms with Gasteiger partial charge in [0.25, 0.3) is 0 Å². The number of quaternary nitrogens is 1. The SMILES string of the molecule is COCC[NH+](C)C.CS(=O)(=O)[O-]. The molecule has 0 fully saturated rings. The van der Waals surface area contributed by atoms with E-state index in [-0.39, 0.29) is 0 Å². The van der Waals surface area contributed by atoms with Crippen LogP contribution in [0, 0.1) is 0 Å². The monoisotopic (exact) mass is 199 g/mol. The molecule has 0 spiro atoms. The third-order valence-electron chi connectivity index (χ3n) is 0.806. The summed E-state index contributed by atoms with van der Waals surface area (Å²) in [5.74, 6) is 0. The van der Waals surface area contributed by atoms with Gasteiger partial charge in [0, 0.05) is 13.4 Å². The Bertz CT molecular complexity index is 168. The van der Waals surface area contributed by atoms with Gasteiger partial charge in [-0.3, -0.25) is 0 Å². The van der Waals surface area contributed by atoms with Gasteiger partial charge >= 0.3 is 0 Å². The highest BCUT2D eigenvalue weighted by atomic mass is 32.2. The minimum atomic E-state index is -3.92. The fraction of sp³-hybridized carbons (Fsp3) is 1.00. The van der Waals surface area contributed by atoms with E-state index in [0.29, 0.717) is 6.26 Å². The second-order valence-corrected chi connectivity index (χ2v) is 4.06. The van der Waals surface area contributed by atoms with Crippen molar-refractivity contribution in [3.05, 3.63) is 0 Å². The number of likely N-dealkylation sites (N-methyl/N-ethyl adjacent to an activating group) is 1. The van der Waals surface area contributed by atoms with Crippen molar-refractivity contribution in [2.24, 2.45) is 0 Å². The van der Waals surface area contributed by atoms with E-state index < -0.39 is 10.1 Å². The second-order valence-electron chi connectivity index (χ2n) is 2.65. The molecule has 0 aromatic rings. The zero-order valence-corrected chi connectivity index (χ0v) is 8.77. The average molecular weight is 199 g/mol. The van der Waals surface area contributed by atoms with E-state index in [9.17, 15) is 0 Å². The lowest BCUT2D eigenvalue weighted by Crippen LogP contribution is -3.06. The predicted molar refractivity (Wildman–Crippen MR) is 45.2 cm³/mol. The number of ether oxygens (including phenoxy) is 1. The van der Waals surface area contributed by atoms with Crippen LogP contribution in [0.2, 0.25) is 0 Å². The van der Waals surface area contributed by atoms with Gasteiger partial charge in [-0.1, -0.05) is 0 Å². The second kappa shape index (κ2) is 7.48. The highest BCUT2D eigenvalue weighted by molar-refractivity contribution is 7.84. The van der Waals surface area contributed by atoms with E-state index in [1.165, 1.54) is 4.90 Å². The average Bonchev–Trinajstić information content (AvgIpc) is 1.79. The summed E-state index contributed by atoms with van der Waals surface area (Å²) in [5, 5.41) is 0. The maximum Gasteiger partial charge on any atom is 0.100 e. The molecule has 0 saturated carbocycles. The molecule has 0 amide bonds. The third-order valence-corrected chi connectivity index (χ3v) is 0.806. The predicted octanol–water partition coefficient (Wildman–Crippen LogP) is -2.06. The summed E-state index contributed by atoms with van der Waals surface area (Å²) >= 11 is 0. The molecule has 0 aromatic carbocycles. The lowest BCUT2D eigenvalue weighted by atomic mass is 10.6. The molecular weight excluding hydrogens is 182 g/mol. The molecule has 5 nitrogen and oxygen atoms in total. The Kier molecular flexibility index (Phi) is 8.95. The van der Waals surface area contributed by atoms with Gasteiger partial charge in [0.15, 0.2) is 0 Å². The number of nitrogens with one attached hydrogen (secondary N) is 1. The molecule has 0 radical (unpaired) electrons. The first kappa shape index (κ1) is 14.4. The van der Waals surface area contributed by atoms with Gasteiger partial charge in [-0.25, -0.2) is 8.42 Å². The standard InChI is InChI=1S/C5H13NO.CH4O3S/c1-6(2)4-5-7-3;1-5(2,3)4/h4-5H2,1-3H3;1H3,(H,2,3,4). The van der Waals surface area contributed by atoms with E-state index in [2.05, 4.69) is 14.1 Å². The molecule has 0 aromatic heterocycles. The van der Waals surface area contributed by atoms with Crippen molar-refractivity contribution in [3.63, 3.8) is 0 Å². The van der Waals surface area contributed by atoms with Crippen LogP contribution < -0.4 is 4.90 Å². The summed E-state index contributed by atoms with van der Waals surface area (Å²) in [6.07, 6.45) is 0.604. The minimum absolute atomic E-state index is 0.604. The first-order chi connectivity index (χ1) is 5.27. The molecule has 0 heterocycles. The molecule has 0 rings (SSSR count). The van der Waals surface area contributed by atoms with Crippen LogP contribution in [0.4, 0.5) is 0 Å². The summed E-state index contributed by atoms with van der Waals surface area (Å²) < 4.78 is 32.1. The van der Waals surface area contributed by atoms with Crippen molar-refractivity contribution < 1.29 is 22.6 Å². The van der Waals surface area contributed by atoms with Gasteiger partial charge in [-0.2, -0.15) is 0 Å². The molecule has 12 heavy (non-hydrogen) atoms. The van der Waals surface area contributed by atoms with Gasteiger partial charge in [0.05, 0.1) is 30.8 Å². The van der Waals surface area contributed by atoms with Crippen LogP contribution in [0.3, 0.4) is 0 Å². The minimum Gasteiger partial charge on any atom is -0.748 e. The lowest BCUT2D eigenvalue weighted by Gasteiger charge is -2.03. The van der Waals surface area contributed by atoms with Gasteiger partial charge in [0.1, 0.15) is 6.54 Å². The largest absolute Gasteiger partial charge is 0.748 e. The third kappa shape index (κ3) is 52.2. The molecular formula is C6H17NO4S. The van der Waals surface area contributed by atoms with E-state index in [0.717, 1.165) is 13.2 Å². The zero-order chi connectivity index (χ0) is 10.2. The van der Waals surface area contributed by atoms with Crippen molar-refractivity contribution >= 4 is 10.1 Å². The molecule has 76 valence electrons. The van der Waals surface area contributed by atoms with Gasteiger partial charge < -0.3 is 14.2 Å². The van der Waals surface area contributed by atoms with Crippen molar-refractivity contribution in [2.45, 2.75) is 0 Å². The zero-order valence-electron chi connectivity index (χ0n) is 7.96. The van der Waals surface area contributed by atoms with Crippen LogP contribution in [-0.4, -0.2) is 53.6 Å². The highest BCUT2D eigenvalue weighted by Gasteiger charge is 1.87. The highest BCUT2D eigenvalue weighted by Crippen LogP contribution is 1.59. The molecule has 0 aliphatic carbocycles. The number of hydrogen-bond acceptors (Lipinski definition) is 4. The molecule has 0 aliphatic heterocycles. The molecule has 0 bridgehead atoms. The Morgan fingerprint density at radius 3 is 1.83 bits per heavy atom. The van der Waals surface area contributed by atoms with Crippen LogP contribution in [0.5, 0.6) is 0 Å². The van der Waals surface area contributed by atoms with Crippen molar-refractivity contribution in [3.8, 4) is 0 Å². The van der Waals surface area contributed by atoms with Crippen LogP contribution in [0.15, 0.2) is 0 Å². The lowest BCUT2D eigenvalue weighted by molar-refractivity contribution is -0.858. The smallest absolute Gasteiger partial charge is 0.100 e. The first-order valence-electron chi connectivity index (χ1n) is 3.46. The first-order valence-corrected chi connectivity index (χ1v) is 5.28. The van der Waals surface area contributed by atoms with Crippen LogP contribution in [0.1, 0.15) is 0 Å². The van der Waals surface area contributed by atoms with E-state index in [1.807, 2.05) is 0 Å². The van der Waals surface area contributed by atoms with Crippen molar-refractivity contribution in [1.82, 2.24) is 0 Å². The summed E-state index contributed by atoms with van der Waals surface area (Å²) in [6.45, 7) is 1.96. The van der Waals surface area contributed by atoms with E-state index >= 15 is 0 Å². The summed E-state index contributed by atoms with van der Waals surface area (Å²) in [6, 6.07) is 0. The van der Waals surface area contributed by atoms with Gasteiger partial charge in [-0.05, 0) is 0 Å². The van der Waals surface area contributed by atoms with Gasteiger partial charge in [-0.15, -0.1) is 0 Å². The normalized spacial score (nSPS) is 10.8. The molecule has 0 unspecified atom stereocenters. The van der Waals surface area contributed by atoms with E-state index in [4.69, 9.17) is 17.7 Å². The topological polar surface area (TPSA) is 70.9 Å². The Balaban J connectivity index is 0. The molecule has 6 heteroatoms. The fourth-order valence-corrected chi connectivity index (χ4v) is 0.306. The van der Waals surface area contributed by atoms with Crippen LogP contribution in [0.25, 0.3) is 0 Å². The van der Waals surface area contributed by atoms with Crippen LogP contribution in [-0.2, 0) is 14.9 Å². The number of methoxy groups -OCH3 is 1. The maximum absolute atomic E-state index is 9.08. The molecule has 0 atom stereocenters. The Morgan fingerprint density at radius 1 is 1.42 bits per heavy atom. The fourth-order valence-electron chi connectivity index (χ4n) is 0.306. The number of rotatable bonds is 3. The molecule has 0 aliphatic rings.